The number of hydrogen-bond acceptors (Lipinski definition) is 3. The molecule has 1 fully saturated rings. The number of aliphatic hydroxyl groups is 1. The van der Waals surface area contributed by atoms with E-state index < -0.39 is 0 Å². The van der Waals surface area contributed by atoms with Crippen LogP contribution in [0.3, 0.4) is 0 Å². The van der Waals surface area contributed by atoms with Crippen LogP contribution in [0.1, 0.15) is 40.5 Å². The third-order valence-electron chi connectivity index (χ3n) is 3.13. The van der Waals surface area contributed by atoms with Crippen molar-refractivity contribution in [3.8, 4) is 0 Å². The zero-order chi connectivity index (χ0) is 14.3. The van der Waals surface area contributed by atoms with Gasteiger partial charge >= 0.3 is 0 Å². The average molecular weight is 398 g/mol. The summed E-state index contributed by atoms with van der Waals surface area (Å²) in [6.45, 7) is 12.9. The van der Waals surface area contributed by atoms with Gasteiger partial charge < -0.3 is 20.6 Å². The third-order valence-corrected chi connectivity index (χ3v) is 3.13. The fraction of sp³-hybridized carbons (Fsp3) is 0.929. The molecule has 0 aromatic carbocycles. The Hall–Kier alpha value is -0.0800. The summed E-state index contributed by atoms with van der Waals surface area (Å²) in [4.78, 5) is 6.90. The van der Waals surface area contributed by atoms with Crippen LogP contribution < -0.4 is 10.6 Å². The van der Waals surface area contributed by atoms with E-state index in [1.165, 1.54) is 0 Å². The number of rotatable bonds is 4. The van der Waals surface area contributed by atoms with Gasteiger partial charge in [0.05, 0.1) is 12.6 Å². The molecule has 0 aromatic rings. The van der Waals surface area contributed by atoms with Crippen LogP contribution in [0, 0.1) is 0 Å². The number of aliphatic hydroxyl groups excluding tert-OH is 1. The van der Waals surface area contributed by atoms with E-state index in [1.807, 2.05) is 0 Å². The highest BCUT2D eigenvalue weighted by atomic mass is 127. The molecule has 0 aromatic heterocycles. The van der Waals surface area contributed by atoms with Gasteiger partial charge in [0.25, 0.3) is 0 Å². The quantitative estimate of drug-likeness (QED) is 0.290. The van der Waals surface area contributed by atoms with Gasteiger partial charge in [-0.3, -0.25) is 4.99 Å². The Morgan fingerprint density at radius 3 is 2.40 bits per heavy atom. The Morgan fingerprint density at radius 2 is 1.90 bits per heavy atom. The first-order valence-corrected chi connectivity index (χ1v) is 7.38. The molecule has 0 amide bonds. The van der Waals surface area contributed by atoms with E-state index >= 15 is 0 Å². The van der Waals surface area contributed by atoms with Crippen molar-refractivity contribution in [2.75, 3.05) is 32.7 Å². The lowest BCUT2D eigenvalue weighted by Gasteiger charge is -2.32. The minimum atomic E-state index is -0.137. The minimum absolute atomic E-state index is 0. The van der Waals surface area contributed by atoms with Gasteiger partial charge in [0, 0.05) is 31.7 Å². The van der Waals surface area contributed by atoms with Gasteiger partial charge in [0.1, 0.15) is 0 Å². The van der Waals surface area contributed by atoms with Crippen LogP contribution in [-0.2, 0) is 0 Å². The molecular formula is C14H31IN4O. The monoisotopic (exact) mass is 398 g/mol. The van der Waals surface area contributed by atoms with Crippen molar-refractivity contribution >= 4 is 29.9 Å². The molecule has 120 valence electrons. The van der Waals surface area contributed by atoms with Crippen LogP contribution in [0.4, 0.5) is 0 Å². The summed E-state index contributed by atoms with van der Waals surface area (Å²) in [6, 6.07) is 0. The highest BCUT2D eigenvalue weighted by molar-refractivity contribution is 14.0. The normalized spacial score (nSPS) is 17.9. The topological polar surface area (TPSA) is 59.9 Å². The maximum atomic E-state index is 9.55. The van der Waals surface area contributed by atoms with Crippen molar-refractivity contribution in [1.29, 1.82) is 0 Å². The number of piperidine rings is 1. The molecule has 1 saturated heterocycles. The molecule has 20 heavy (non-hydrogen) atoms. The molecular weight excluding hydrogens is 367 g/mol. The van der Waals surface area contributed by atoms with Crippen LogP contribution >= 0.6 is 24.0 Å². The Bertz CT molecular complexity index is 283. The summed E-state index contributed by atoms with van der Waals surface area (Å²) in [7, 11) is 0. The Balaban J connectivity index is 0.00000361. The average Bonchev–Trinajstić information content (AvgIpc) is 2.33. The highest BCUT2D eigenvalue weighted by Gasteiger charge is 2.19. The highest BCUT2D eigenvalue weighted by Crippen LogP contribution is 2.09. The van der Waals surface area contributed by atoms with Crippen LogP contribution in [0.2, 0.25) is 0 Å². The lowest BCUT2D eigenvalue weighted by atomic mass is 10.1. The van der Waals surface area contributed by atoms with E-state index in [0.717, 1.165) is 51.5 Å². The molecule has 0 spiro atoms. The van der Waals surface area contributed by atoms with Gasteiger partial charge in [-0.15, -0.1) is 24.0 Å². The number of aliphatic imine (C=N–C) groups is 1. The summed E-state index contributed by atoms with van der Waals surface area (Å²) in [5, 5.41) is 16.3. The fourth-order valence-electron chi connectivity index (χ4n) is 2.10. The second kappa shape index (κ2) is 9.78. The number of halogens is 1. The molecule has 1 heterocycles. The lowest BCUT2D eigenvalue weighted by molar-refractivity contribution is 0.108. The summed E-state index contributed by atoms with van der Waals surface area (Å²) in [5.74, 6) is 0.977. The molecule has 0 radical (unpaired) electrons. The Morgan fingerprint density at radius 1 is 1.30 bits per heavy atom. The van der Waals surface area contributed by atoms with Crippen molar-refractivity contribution in [1.82, 2.24) is 15.5 Å². The van der Waals surface area contributed by atoms with Crippen molar-refractivity contribution in [3.05, 3.63) is 0 Å². The number of guanidine groups is 1. The summed E-state index contributed by atoms with van der Waals surface area (Å²) in [5.41, 5.74) is 0.142. The third kappa shape index (κ3) is 8.26. The van der Waals surface area contributed by atoms with Gasteiger partial charge in [-0.05, 0) is 40.5 Å². The van der Waals surface area contributed by atoms with Gasteiger partial charge in [-0.1, -0.05) is 0 Å². The molecule has 1 aliphatic rings. The van der Waals surface area contributed by atoms with E-state index in [4.69, 9.17) is 0 Å². The Labute approximate surface area is 140 Å². The molecule has 1 rings (SSSR count). The van der Waals surface area contributed by atoms with E-state index in [9.17, 15) is 5.11 Å². The largest absolute Gasteiger partial charge is 0.393 e. The van der Waals surface area contributed by atoms with Crippen molar-refractivity contribution in [3.63, 3.8) is 0 Å². The fourth-order valence-corrected chi connectivity index (χ4v) is 2.10. The molecule has 0 unspecified atom stereocenters. The summed E-state index contributed by atoms with van der Waals surface area (Å²) in [6.07, 6.45) is 1.54. The van der Waals surface area contributed by atoms with E-state index in [0.29, 0.717) is 0 Å². The smallest absolute Gasteiger partial charge is 0.193 e. The number of likely N-dealkylation sites (tertiary alicyclic amines) is 1. The molecule has 0 aliphatic carbocycles. The lowest BCUT2D eigenvalue weighted by Crippen LogP contribution is -2.47. The maximum Gasteiger partial charge on any atom is 0.193 e. The minimum Gasteiger partial charge on any atom is -0.393 e. The van der Waals surface area contributed by atoms with Gasteiger partial charge in [0.2, 0.25) is 0 Å². The zero-order valence-electron chi connectivity index (χ0n) is 13.3. The zero-order valence-corrected chi connectivity index (χ0v) is 15.6. The van der Waals surface area contributed by atoms with Crippen LogP contribution in [0.25, 0.3) is 0 Å². The molecule has 6 heteroatoms. The molecule has 0 atom stereocenters. The molecule has 1 aliphatic heterocycles. The first-order chi connectivity index (χ1) is 8.92. The number of nitrogens with one attached hydrogen (secondary N) is 2. The summed E-state index contributed by atoms with van der Waals surface area (Å²) >= 11 is 0. The maximum absolute atomic E-state index is 9.55. The first kappa shape index (κ1) is 19.9. The standard InChI is InChI=1S/C14H30N4O.HI/c1-5-15-13(16-8-9-17-14(2,3)4)18-10-6-12(19)7-11-18;/h12,17,19H,5-11H2,1-4H3,(H,15,16);1H. The predicted octanol–water partition coefficient (Wildman–Crippen LogP) is 1.41. The Kier molecular flexibility index (Phi) is 9.74. The SMILES string of the molecule is CCNC(=NCCNC(C)(C)C)N1CCC(O)CC1.I. The van der Waals surface area contributed by atoms with E-state index in [1.54, 1.807) is 0 Å². The van der Waals surface area contributed by atoms with Crippen molar-refractivity contribution in [2.24, 2.45) is 4.99 Å². The molecule has 0 saturated carbocycles. The van der Waals surface area contributed by atoms with Crippen molar-refractivity contribution < 1.29 is 5.11 Å². The van der Waals surface area contributed by atoms with Crippen molar-refractivity contribution in [2.45, 2.75) is 52.2 Å². The number of nitrogens with zero attached hydrogens (tertiary/aromatic N) is 2. The van der Waals surface area contributed by atoms with Crippen LogP contribution in [0.5, 0.6) is 0 Å². The number of hydrogen-bond donors (Lipinski definition) is 3. The van der Waals surface area contributed by atoms with Gasteiger partial charge in [-0.25, -0.2) is 0 Å². The van der Waals surface area contributed by atoms with E-state index in [2.05, 4.69) is 48.2 Å². The molecule has 0 bridgehead atoms. The molecule has 5 nitrogen and oxygen atoms in total. The van der Waals surface area contributed by atoms with Crippen LogP contribution in [-0.4, -0.2) is 60.3 Å². The predicted molar refractivity (Wildman–Crippen MR) is 96.0 cm³/mol. The van der Waals surface area contributed by atoms with Crippen LogP contribution in [0.15, 0.2) is 4.99 Å². The van der Waals surface area contributed by atoms with Gasteiger partial charge in [-0.2, -0.15) is 0 Å². The second-order valence-electron chi connectivity index (χ2n) is 6.13. The summed E-state index contributed by atoms with van der Waals surface area (Å²) < 4.78 is 0. The van der Waals surface area contributed by atoms with Gasteiger partial charge in [0.15, 0.2) is 5.96 Å². The second-order valence-corrected chi connectivity index (χ2v) is 6.13. The first-order valence-electron chi connectivity index (χ1n) is 7.38. The van der Waals surface area contributed by atoms with E-state index in [-0.39, 0.29) is 35.6 Å². The molecule has 3 N–H and O–H groups in total.